The van der Waals surface area contributed by atoms with Crippen LogP contribution in [0.1, 0.15) is 29.8 Å². The standard InChI is InChI=1S/C25H26O8/c1-17(2)24(27)31-16-15-30-21-10-5-19(6-11-21)7-14-23(26)33-22-12-8-20(9-13-22)25(28)32-18(3)29-4/h5-14,18H,1,15-16H2,2-4H3/b14-7+. The fraction of sp³-hybridized carbons (Fsp3) is 0.240. The molecule has 0 aliphatic heterocycles. The molecule has 174 valence electrons. The zero-order valence-electron chi connectivity index (χ0n) is 18.7. The van der Waals surface area contributed by atoms with Gasteiger partial charge >= 0.3 is 17.9 Å². The predicted molar refractivity (Wildman–Crippen MR) is 121 cm³/mol. The highest BCUT2D eigenvalue weighted by Gasteiger charge is 2.11. The highest BCUT2D eigenvalue weighted by Crippen LogP contribution is 2.16. The van der Waals surface area contributed by atoms with Gasteiger partial charge in [-0.25, -0.2) is 14.4 Å². The Morgan fingerprint density at radius 2 is 1.61 bits per heavy atom. The Balaban J connectivity index is 1.80. The molecule has 0 radical (unpaired) electrons. The maximum atomic E-state index is 12.0. The Morgan fingerprint density at radius 1 is 0.970 bits per heavy atom. The van der Waals surface area contributed by atoms with E-state index < -0.39 is 24.2 Å². The van der Waals surface area contributed by atoms with Crippen LogP contribution >= 0.6 is 0 Å². The molecular formula is C25H26O8. The predicted octanol–water partition coefficient (Wildman–Crippen LogP) is 3.95. The van der Waals surface area contributed by atoms with E-state index in [0.29, 0.717) is 16.9 Å². The minimum Gasteiger partial charge on any atom is -0.490 e. The molecule has 0 heterocycles. The average Bonchev–Trinajstić information content (AvgIpc) is 2.81. The smallest absolute Gasteiger partial charge is 0.340 e. The van der Waals surface area contributed by atoms with Crippen LogP contribution < -0.4 is 9.47 Å². The van der Waals surface area contributed by atoms with Gasteiger partial charge in [-0.3, -0.25) is 0 Å². The molecule has 2 rings (SSSR count). The van der Waals surface area contributed by atoms with Gasteiger partial charge in [-0.1, -0.05) is 18.7 Å². The number of esters is 3. The molecule has 0 aromatic heterocycles. The van der Waals surface area contributed by atoms with Crippen LogP contribution in [0.5, 0.6) is 11.5 Å². The van der Waals surface area contributed by atoms with Crippen LogP contribution in [0.4, 0.5) is 0 Å². The molecule has 1 atom stereocenters. The first kappa shape index (κ1) is 25.4. The molecule has 0 amide bonds. The van der Waals surface area contributed by atoms with Crippen LogP contribution in [0.15, 0.2) is 66.8 Å². The molecule has 0 spiro atoms. The fourth-order valence-electron chi connectivity index (χ4n) is 2.33. The first-order valence-corrected chi connectivity index (χ1v) is 10.1. The first-order chi connectivity index (χ1) is 15.8. The van der Waals surface area contributed by atoms with E-state index in [4.69, 9.17) is 23.7 Å². The summed E-state index contributed by atoms with van der Waals surface area (Å²) in [5.41, 5.74) is 1.41. The van der Waals surface area contributed by atoms with Gasteiger partial charge in [0.1, 0.15) is 24.7 Å². The lowest BCUT2D eigenvalue weighted by molar-refractivity contribution is -0.139. The third-order valence-corrected chi connectivity index (χ3v) is 4.14. The van der Waals surface area contributed by atoms with E-state index in [0.717, 1.165) is 5.56 Å². The van der Waals surface area contributed by atoms with Gasteiger partial charge in [-0.2, -0.15) is 0 Å². The number of rotatable bonds is 11. The largest absolute Gasteiger partial charge is 0.490 e. The molecule has 8 nitrogen and oxygen atoms in total. The molecule has 33 heavy (non-hydrogen) atoms. The summed E-state index contributed by atoms with van der Waals surface area (Å²) in [5.74, 6) is -0.682. The third kappa shape index (κ3) is 9.00. The monoisotopic (exact) mass is 454 g/mol. The Labute approximate surface area is 192 Å². The molecule has 0 aliphatic carbocycles. The minimum atomic E-state index is -0.660. The lowest BCUT2D eigenvalue weighted by Crippen LogP contribution is -2.16. The Morgan fingerprint density at radius 3 is 2.21 bits per heavy atom. The number of ether oxygens (including phenoxy) is 5. The number of benzene rings is 2. The average molecular weight is 454 g/mol. The van der Waals surface area contributed by atoms with Crippen molar-refractivity contribution in [2.45, 2.75) is 20.1 Å². The van der Waals surface area contributed by atoms with Crippen LogP contribution in [-0.2, 0) is 23.8 Å². The molecule has 0 aliphatic rings. The van der Waals surface area contributed by atoms with Gasteiger partial charge in [0.15, 0.2) is 6.29 Å². The summed E-state index contributed by atoms with van der Waals surface area (Å²) in [7, 11) is 1.43. The lowest BCUT2D eigenvalue weighted by Gasteiger charge is -2.11. The van der Waals surface area contributed by atoms with E-state index in [1.165, 1.54) is 37.5 Å². The molecule has 2 aromatic carbocycles. The topological polar surface area (TPSA) is 97.4 Å². The second kappa shape index (κ2) is 12.8. The van der Waals surface area contributed by atoms with Gasteiger partial charge in [0.05, 0.1) is 5.56 Å². The van der Waals surface area contributed by atoms with Crippen LogP contribution in [0.3, 0.4) is 0 Å². The molecule has 0 bridgehead atoms. The van der Waals surface area contributed by atoms with Crippen molar-refractivity contribution >= 4 is 24.0 Å². The SMILES string of the molecule is C=C(C)C(=O)OCCOc1ccc(/C=C/C(=O)Oc2ccc(C(=O)OC(C)OC)cc2)cc1. The lowest BCUT2D eigenvalue weighted by atomic mass is 10.2. The van der Waals surface area contributed by atoms with E-state index in [1.54, 1.807) is 44.2 Å². The van der Waals surface area contributed by atoms with Crippen LogP contribution in [0.2, 0.25) is 0 Å². The van der Waals surface area contributed by atoms with Crippen molar-refractivity contribution in [3.63, 3.8) is 0 Å². The number of carbonyl (C=O) groups excluding carboxylic acids is 3. The molecule has 0 fully saturated rings. The second-order valence-electron chi connectivity index (χ2n) is 6.82. The zero-order valence-corrected chi connectivity index (χ0v) is 18.7. The number of carbonyl (C=O) groups is 3. The van der Waals surface area contributed by atoms with Crippen molar-refractivity contribution in [3.8, 4) is 11.5 Å². The van der Waals surface area contributed by atoms with Gasteiger partial charge in [0.25, 0.3) is 0 Å². The molecule has 1 unspecified atom stereocenters. The van der Waals surface area contributed by atoms with Crippen molar-refractivity contribution in [1.29, 1.82) is 0 Å². The van der Waals surface area contributed by atoms with Crippen LogP contribution in [-0.4, -0.2) is 44.5 Å². The molecular weight excluding hydrogens is 428 g/mol. The third-order valence-electron chi connectivity index (χ3n) is 4.14. The highest BCUT2D eigenvalue weighted by molar-refractivity contribution is 5.90. The normalized spacial score (nSPS) is 11.5. The summed E-state index contributed by atoms with van der Waals surface area (Å²) in [5, 5.41) is 0. The van der Waals surface area contributed by atoms with Crippen molar-refractivity contribution in [2.75, 3.05) is 20.3 Å². The summed E-state index contributed by atoms with van der Waals surface area (Å²) < 4.78 is 25.6. The van der Waals surface area contributed by atoms with E-state index in [2.05, 4.69) is 6.58 Å². The molecule has 8 heteroatoms. The zero-order chi connectivity index (χ0) is 24.2. The fourth-order valence-corrected chi connectivity index (χ4v) is 2.33. The Bertz CT molecular complexity index is 990. The highest BCUT2D eigenvalue weighted by atomic mass is 16.7. The van der Waals surface area contributed by atoms with E-state index in [-0.39, 0.29) is 19.0 Å². The summed E-state index contributed by atoms with van der Waals surface area (Å²) in [6, 6.07) is 13.0. The number of hydrogen-bond acceptors (Lipinski definition) is 8. The molecule has 0 N–H and O–H groups in total. The first-order valence-electron chi connectivity index (χ1n) is 10.1. The Kier molecular flexibility index (Phi) is 9.85. The molecule has 0 saturated carbocycles. The molecule has 2 aromatic rings. The van der Waals surface area contributed by atoms with Gasteiger partial charge in [0, 0.05) is 18.8 Å². The number of methoxy groups -OCH3 is 1. The van der Waals surface area contributed by atoms with Crippen LogP contribution in [0, 0.1) is 0 Å². The van der Waals surface area contributed by atoms with Gasteiger partial charge < -0.3 is 23.7 Å². The van der Waals surface area contributed by atoms with Gasteiger partial charge in [0.2, 0.25) is 0 Å². The van der Waals surface area contributed by atoms with Crippen molar-refractivity contribution < 1.29 is 38.1 Å². The summed E-state index contributed by atoms with van der Waals surface area (Å²) >= 11 is 0. The number of hydrogen-bond donors (Lipinski definition) is 0. The van der Waals surface area contributed by atoms with Crippen molar-refractivity contribution in [3.05, 3.63) is 77.9 Å². The maximum absolute atomic E-state index is 12.0. The maximum Gasteiger partial charge on any atom is 0.340 e. The van der Waals surface area contributed by atoms with Gasteiger partial charge in [-0.05, 0) is 61.9 Å². The van der Waals surface area contributed by atoms with Gasteiger partial charge in [-0.15, -0.1) is 0 Å². The summed E-state index contributed by atoms with van der Waals surface area (Å²) in [6.45, 7) is 7.01. The second-order valence-corrected chi connectivity index (χ2v) is 6.82. The van der Waals surface area contributed by atoms with Crippen LogP contribution in [0.25, 0.3) is 6.08 Å². The summed E-state index contributed by atoms with van der Waals surface area (Å²) in [4.78, 5) is 35.2. The van der Waals surface area contributed by atoms with E-state index in [1.807, 2.05) is 0 Å². The van der Waals surface area contributed by atoms with Crippen molar-refractivity contribution in [1.82, 2.24) is 0 Å². The quantitative estimate of drug-likeness (QED) is 0.166. The van der Waals surface area contributed by atoms with E-state index in [9.17, 15) is 14.4 Å². The summed E-state index contributed by atoms with van der Waals surface area (Å²) in [6.07, 6.45) is 2.22. The van der Waals surface area contributed by atoms with Crippen molar-refractivity contribution in [2.24, 2.45) is 0 Å². The Hall–Kier alpha value is -3.91. The minimum absolute atomic E-state index is 0.119. The molecule has 0 saturated heterocycles. The van der Waals surface area contributed by atoms with E-state index >= 15 is 0 Å².